The van der Waals surface area contributed by atoms with Crippen LogP contribution in [0.1, 0.15) is 28.3 Å². The van der Waals surface area contributed by atoms with Gasteiger partial charge in [0.15, 0.2) is 0 Å². The van der Waals surface area contributed by atoms with E-state index in [-0.39, 0.29) is 28.3 Å². The molecule has 3 aromatic carbocycles. The zero-order valence-corrected chi connectivity index (χ0v) is 21.1. The molecule has 8 nitrogen and oxygen atoms in total. The largest absolute Gasteiger partial charge is 0.507 e. The van der Waals surface area contributed by atoms with Crippen molar-refractivity contribution in [3.05, 3.63) is 93.5 Å². The number of benzene rings is 3. The Balaban J connectivity index is 1.96. The smallest absolute Gasteiger partial charge is 0.307 e. The summed E-state index contributed by atoms with van der Waals surface area (Å²) in [4.78, 5) is 39.2. The number of rotatable bonds is 7. The molecule has 4 rings (SSSR count). The number of anilines is 1. The van der Waals surface area contributed by atoms with Gasteiger partial charge in [-0.05, 0) is 60.0 Å². The van der Waals surface area contributed by atoms with Gasteiger partial charge in [-0.1, -0.05) is 35.9 Å². The van der Waals surface area contributed by atoms with Crippen molar-refractivity contribution in [2.75, 3.05) is 19.1 Å². The Kier molecular flexibility index (Phi) is 7.22. The van der Waals surface area contributed by atoms with Crippen molar-refractivity contribution in [2.45, 2.75) is 19.4 Å². The van der Waals surface area contributed by atoms with Gasteiger partial charge in [-0.2, -0.15) is 0 Å². The summed E-state index contributed by atoms with van der Waals surface area (Å²) in [6, 6.07) is 15.4. The van der Waals surface area contributed by atoms with E-state index < -0.39 is 29.5 Å². The Morgan fingerprint density at radius 3 is 2.32 bits per heavy atom. The van der Waals surface area contributed by atoms with Crippen LogP contribution in [0, 0.1) is 6.92 Å². The van der Waals surface area contributed by atoms with E-state index in [1.807, 2.05) is 0 Å². The van der Waals surface area contributed by atoms with E-state index in [0.717, 1.165) is 0 Å². The molecule has 3 aromatic rings. The molecule has 0 saturated carbocycles. The molecule has 0 aliphatic carbocycles. The summed E-state index contributed by atoms with van der Waals surface area (Å²) in [5.41, 5.74) is 2.16. The van der Waals surface area contributed by atoms with E-state index in [4.69, 9.17) is 26.2 Å². The number of halogens is 1. The number of methoxy groups -OCH3 is 2. The summed E-state index contributed by atoms with van der Waals surface area (Å²) in [7, 11) is 2.89. The SMILES string of the molecule is COc1cccc(C2/C(=C(\O)c3cc(C)cc(Cl)c3OC)C(=O)C(=O)N2c2ccc(CC(=O)O)cc2)c1. The monoisotopic (exact) mass is 521 g/mol. The molecule has 9 heteroatoms. The molecule has 0 aromatic heterocycles. The van der Waals surface area contributed by atoms with Gasteiger partial charge in [0.05, 0.1) is 42.8 Å². The first-order chi connectivity index (χ1) is 17.7. The van der Waals surface area contributed by atoms with Gasteiger partial charge in [0.2, 0.25) is 0 Å². The highest BCUT2D eigenvalue weighted by Crippen LogP contribution is 2.45. The van der Waals surface area contributed by atoms with Gasteiger partial charge in [0, 0.05) is 5.69 Å². The Hall–Kier alpha value is -4.30. The molecule has 1 aliphatic rings. The fourth-order valence-corrected chi connectivity index (χ4v) is 4.78. The Bertz CT molecular complexity index is 1430. The molecule has 0 bridgehead atoms. The topological polar surface area (TPSA) is 113 Å². The molecule has 1 atom stereocenters. The molecule has 37 heavy (non-hydrogen) atoms. The fraction of sp³-hybridized carbons (Fsp3) is 0.179. The Labute approximate surface area is 218 Å². The summed E-state index contributed by atoms with van der Waals surface area (Å²) in [6.07, 6.45) is -0.188. The summed E-state index contributed by atoms with van der Waals surface area (Å²) in [5, 5.41) is 20.8. The van der Waals surface area contributed by atoms with Crippen LogP contribution in [0.25, 0.3) is 5.76 Å². The third-order valence-corrected chi connectivity index (χ3v) is 6.35. The maximum absolute atomic E-state index is 13.4. The molecular formula is C28H24ClNO7. The van der Waals surface area contributed by atoms with Crippen molar-refractivity contribution in [3.8, 4) is 11.5 Å². The maximum Gasteiger partial charge on any atom is 0.307 e. The van der Waals surface area contributed by atoms with E-state index in [0.29, 0.717) is 28.1 Å². The predicted molar refractivity (Wildman–Crippen MR) is 138 cm³/mol. The summed E-state index contributed by atoms with van der Waals surface area (Å²) in [5.74, 6) is -2.50. The van der Waals surface area contributed by atoms with E-state index >= 15 is 0 Å². The van der Waals surface area contributed by atoms with Gasteiger partial charge in [-0.15, -0.1) is 0 Å². The molecule has 190 valence electrons. The number of aliphatic hydroxyl groups excluding tert-OH is 1. The van der Waals surface area contributed by atoms with Gasteiger partial charge in [-0.3, -0.25) is 19.3 Å². The van der Waals surface area contributed by atoms with Crippen molar-refractivity contribution in [3.63, 3.8) is 0 Å². The number of aliphatic hydroxyl groups is 1. The van der Waals surface area contributed by atoms with Crippen molar-refractivity contribution >= 4 is 40.7 Å². The van der Waals surface area contributed by atoms with Gasteiger partial charge >= 0.3 is 5.97 Å². The normalized spacial score (nSPS) is 16.6. The average Bonchev–Trinajstić information content (AvgIpc) is 3.13. The third-order valence-electron chi connectivity index (χ3n) is 6.07. The molecule has 1 saturated heterocycles. The second-order valence-electron chi connectivity index (χ2n) is 8.51. The summed E-state index contributed by atoms with van der Waals surface area (Å²) < 4.78 is 10.8. The van der Waals surface area contributed by atoms with Crippen molar-refractivity contribution in [2.24, 2.45) is 0 Å². The number of hydrogen-bond acceptors (Lipinski definition) is 6. The molecule has 1 aliphatic heterocycles. The average molecular weight is 522 g/mol. The van der Waals surface area contributed by atoms with Crippen LogP contribution in [0.2, 0.25) is 5.02 Å². The minimum Gasteiger partial charge on any atom is -0.507 e. The number of carbonyl (C=O) groups excluding carboxylic acids is 2. The minimum absolute atomic E-state index is 0.146. The van der Waals surface area contributed by atoms with E-state index in [1.54, 1.807) is 67.6 Å². The molecule has 2 N–H and O–H groups in total. The van der Waals surface area contributed by atoms with Crippen molar-refractivity contribution in [1.29, 1.82) is 0 Å². The van der Waals surface area contributed by atoms with Crippen LogP contribution in [0.3, 0.4) is 0 Å². The Morgan fingerprint density at radius 1 is 1.00 bits per heavy atom. The molecule has 1 heterocycles. The Morgan fingerprint density at radius 2 is 1.70 bits per heavy atom. The maximum atomic E-state index is 13.4. The van der Waals surface area contributed by atoms with Crippen molar-refractivity contribution < 1.29 is 34.1 Å². The van der Waals surface area contributed by atoms with Gasteiger partial charge in [0.25, 0.3) is 11.7 Å². The standard InChI is InChI=1S/C28H24ClNO7/c1-15-11-20(27(37-3)21(29)12-15)25(33)23-24(17-5-4-6-19(14-17)36-2)30(28(35)26(23)34)18-9-7-16(8-10-18)13-22(31)32/h4-12,14,24,33H,13H2,1-3H3,(H,31,32)/b25-23+. The number of nitrogens with zero attached hydrogens (tertiary/aromatic N) is 1. The number of carboxylic acids is 1. The molecule has 0 spiro atoms. The number of amides is 1. The third kappa shape index (κ3) is 4.88. The highest BCUT2D eigenvalue weighted by atomic mass is 35.5. The van der Waals surface area contributed by atoms with E-state index in [9.17, 15) is 19.5 Å². The zero-order valence-electron chi connectivity index (χ0n) is 20.3. The first-order valence-corrected chi connectivity index (χ1v) is 11.6. The first kappa shape index (κ1) is 25.8. The first-order valence-electron chi connectivity index (χ1n) is 11.3. The number of carbonyl (C=O) groups is 3. The van der Waals surface area contributed by atoms with Crippen LogP contribution in [0.15, 0.2) is 66.2 Å². The van der Waals surface area contributed by atoms with Crippen molar-refractivity contribution in [1.82, 2.24) is 0 Å². The number of aryl methyl sites for hydroxylation is 1. The fourth-order valence-electron chi connectivity index (χ4n) is 4.43. The molecule has 1 unspecified atom stereocenters. The van der Waals surface area contributed by atoms with Gasteiger partial charge in [-0.25, -0.2) is 0 Å². The van der Waals surface area contributed by atoms with Gasteiger partial charge < -0.3 is 19.7 Å². The second-order valence-corrected chi connectivity index (χ2v) is 8.92. The van der Waals surface area contributed by atoms with E-state index in [2.05, 4.69) is 0 Å². The number of hydrogen-bond donors (Lipinski definition) is 2. The van der Waals surface area contributed by atoms with Crippen LogP contribution in [0.5, 0.6) is 11.5 Å². The van der Waals surface area contributed by atoms with Crippen LogP contribution in [-0.2, 0) is 20.8 Å². The molecule has 0 radical (unpaired) electrons. The highest BCUT2D eigenvalue weighted by Gasteiger charge is 2.47. The minimum atomic E-state index is -1.01. The number of ketones is 1. The van der Waals surface area contributed by atoms with Crippen LogP contribution >= 0.6 is 11.6 Å². The second kappa shape index (κ2) is 10.4. The summed E-state index contributed by atoms with van der Waals surface area (Å²) >= 11 is 6.34. The number of ether oxygens (including phenoxy) is 2. The van der Waals surface area contributed by atoms with Gasteiger partial charge in [0.1, 0.15) is 17.3 Å². The quantitative estimate of drug-likeness (QED) is 0.258. The molecule has 1 amide bonds. The highest BCUT2D eigenvalue weighted by molar-refractivity contribution is 6.51. The molecule has 1 fully saturated rings. The van der Waals surface area contributed by atoms with Crippen LogP contribution in [0.4, 0.5) is 5.69 Å². The van der Waals surface area contributed by atoms with E-state index in [1.165, 1.54) is 19.1 Å². The zero-order chi connectivity index (χ0) is 26.9. The number of aliphatic carboxylic acids is 1. The molecular weight excluding hydrogens is 498 g/mol. The summed E-state index contributed by atoms with van der Waals surface area (Å²) in [6.45, 7) is 1.78. The van der Waals surface area contributed by atoms with Crippen LogP contribution < -0.4 is 14.4 Å². The lowest BCUT2D eigenvalue weighted by Gasteiger charge is -2.26. The van der Waals surface area contributed by atoms with Crippen LogP contribution in [-0.4, -0.2) is 42.1 Å². The lowest BCUT2D eigenvalue weighted by Crippen LogP contribution is -2.29. The lowest BCUT2D eigenvalue weighted by molar-refractivity contribution is -0.136. The number of Topliss-reactive ketones (excluding diaryl/α,β-unsaturated/α-hetero) is 1. The number of carboxylic acid groups (broad SMARTS) is 1. The predicted octanol–water partition coefficient (Wildman–Crippen LogP) is 4.92. The lowest BCUT2D eigenvalue weighted by atomic mass is 9.94.